The molecule has 5 atom stereocenters. The molecule has 0 aromatic heterocycles. The van der Waals surface area contributed by atoms with Crippen LogP contribution in [0.15, 0.2) is 12.7 Å². The number of hydrogen-bond acceptors (Lipinski definition) is 1. The van der Waals surface area contributed by atoms with Crippen molar-refractivity contribution in [2.45, 2.75) is 31.7 Å². The lowest BCUT2D eigenvalue weighted by Crippen LogP contribution is -2.32. The van der Waals surface area contributed by atoms with Gasteiger partial charge in [-0.3, -0.25) is 0 Å². The molecule has 0 aliphatic heterocycles. The normalized spacial score (nSPS) is 60.1. The molecule has 3 saturated carbocycles. The standard InChI is InChI=1S/C11H17N/c1-2-3-11-6-7-4-8(12)5-9(11)10(7)11/h2,7-10H,1,3-6,12H2/t7?,8-,9?,10?,11+/m1/s1. The zero-order valence-corrected chi connectivity index (χ0v) is 7.50. The summed E-state index contributed by atoms with van der Waals surface area (Å²) in [5.74, 6) is 3.05. The quantitative estimate of drug-likeness (QED) is 0.618. The second-order valence-corrected chi connectivity index (χ2v) is 5.05. The highest BCUT2D eigenvalue weighted by molar-refractivity contribution is 5.25. The summed E-state index contributed by atoms with van der Waals surface area (Å²) < 4.78 is 0. The first-order chi connectivity index (χ1) is 5.78. The molecule has 0 aromatic carbocycles. The lowest BCUT2D eigenvalue weighted by molar-refractivity contribution is 0.163. The minimum absolute atomic E-state index is 0.519. The highest BCUT2D eigenvalue weighted by Gasteiger charge is 2.75. The Hall–Kier alpha value is -0.300. The van der Waals surface area contributed by atoms with E-state index in [0.717, 1.165) is 23.2 Å². The molecular weight excluding hydrogens is 146 g/mol. The molecule has 0 amide bonds. The molecule has 0 radical (unpaired) electrons. The van der Waals surface area contributed by atoms with Crippen molar-refractivity contribution in [1.29, 1.82) is 0 Å². The van der Waals surface area contributed by atoms with E-state index in [0.29, 0.717) is 6.04 Å². The van der Waals surface area contributed by atoms with Gasteiger partial charge >= 0.3 is 0 Å². The summed E-state index contributed by atoms with van der Waals surface area (Å²) >= 11 is 0. The maximum atomic E-state index is 6.00. The van der Waals surface area contributed by atoms with E-state index in [9.17, 15) is 0 Å². The second-order valence-electron chi connectivity index (χ2n) is 5.05. The van der Waals surface area contributed by atoms with Crippen LogP contribution in [0.5, 0.6) is 0 Å². The number of nitrogens with two attached hydrogens (primary N) is 1. The summed E-state index contributed by atoms with van der Waals surface area (Å²) in [5, 5.41) is 0. The molecule has 0 spiro atoms. The maximum absolute atomic E-state index is 6.00. The van der Waals surface area contributed by atoms with Crippen molar-refractivity contribution < 1.29 is 0 Å². The van der Waals surface area contributed by atoms with Crippen LogP contribution in [0.25, 0.3) is 0 Å². The number of rotatable bonds is 2. The Morgan fingerprint density at radius 2 is 2.33 bits per heavy atom. The largest absolute Gasteiger partial charge is 0.328 e. The highest BCUT2D eigenvalue weighted by Crippen LogP contribution is 2.80. The minimum atomic E-state index is 0.519. The Kier molecular flexibility index (Phi) is 1.16. The van der Waals surface area contributed by atoms with Crippen molar-refractivity contribution in [3.05, 3.63) is 12.7 Å². The topological polar surface area (TPSA) is 26.0 Å². The number of allylic oxidation sites excluding steroid dienone is 1. The Labute approximate surface area is 74.0 Å². The fraction of sp³-hybridized carbons (Fsp3) is 0.818. The van der Waals surface area contributed by atoms with Crippen LogP contribution in [0.1, 0.15) is 25.7 Å². The second kappa shape index (κ2) is 1.95. The molecule has 3 unspecified atom stereocenters. The third-order valence-electron chi connectivity index (χ3n) is 4.56. The summed E-state index contributed by atoms with van der Waals surface area (Å²) in [6, 6.07) is 0.519. The van der Waals surface area contributed by atoms with Crippen molar-refractivity contribution in [3.63, 3.8) is 0 Å². The summed E-state index contributed by atoms with van der Waals surface area (Å²) in [7, 11) is 0. The molecule has 0 bridgehead atoms. The Morgan fingerprint density at radius 3 is 3.08 bits per heavy atom. The van der Waals surface area contributed by atoms with Gasteiger partial charge in [-0.2, -0.15) is 0 Å². The van der Waals surface area contributed by atoms with Gasteiger partial charge in [-0.15, -0.1) is 6.58 Å². The van der Waals surface area contributed by atoms with Gasteiger partial charge < -0.3 is 5.73 Å². The van der Waals surface area contributed by atoms with Crippen LogP contribution in [-0.4, -0.2) is 6.04 Å². The van der Waals surface area contributed by atoms with E-state index in [4.69, 9.17) is 5.73 Å². The third-order valence-corrected chi connectivity index (χ3v) is 4.56. The summed E-state index contributed by atoms with van der Waals surface area (Å²) in [5.41, 5.74) is 6.72. The zero-order chi connectivity index (χ0) is 8.34. The number of fused-ring (bicyclic) bond motifs is 1. The van der Waals surface area contributed by atoms with Gasteiger partial charge in [0.15, 0.2) is 0 Å². The molecule has 0 heterocycles. The molecule has 2 N–H and O–H groups in total. The van der Waals surface area contributed by atoms with E-state index < -0.39 is 0 Å². The third kappa shape index (κ3) is 0.610. The first-order valence-electron chi connectivity index (χ1n) is 5.14. The van der Waals surface area contributed by atoms with Gasteiger partial charge in [-0.05, 0) is 48.9 Å². The van der Waals surface area contributed by atoms with Crippen molar-refractivity contribution >= 4 is 0 Å². The molecule has 3 rings (SSSR count). The van der Waals surface area contributed by atoms with Gasteiger partial charge in [-0.25, -0.2) is 0 Å². The van der Waals surface area contributed by atoms with Crippen molar-refractivity contribution in [3.8, 4) is 0 Å². The van der Waals surface area contributed by atoms with Gasteiger partial charge in [0, 0.05) is 6.04 Å². The fourth-order valence-corrected chi connectivity index (χ4v) is 4.21. The van der Waals surface area contributed by atoms with E-state index in [1.165, 1.54) is 25.7 Å². The summed E-state index contributed by atoms with van der Waals surface area (Å²) in [6.45, 7) is 3.86. The average molecular weight is 163 g/mol. The van der Waals surface area contributed by atoms with Gasteiger partial charge in [0.25, 0.3) is 0 Å². The highest BCUT2D eigenvalue weighted by atomic mass is 14.8. The van der Waals surface area contributed by atoms with Crippen LogP contribution >= 0.6 is 0 Å². The van der Waals surface area contributed by atoms with Crippen LogP contribution in [-0.2, 0) is 0 Å². The van der Waals surface area contributed by atoms with Crippen LogP contribution in [0.4, 0.5) is 0 Å². The molecule has 12 heavy (non-hydrogen) atoms. The van der Waals surface area contributed by atoms with Crippen molar-refractivity contribution in [2.75, 3.05) is 0 Å². The smallest absolute Gasteiger partial charge is 0.00445 e. The molecule has 3 aliphatic rings. The Bertz CT molecular complexity index is 235. The summed E-state index contributed by atoms with van der Waals surface area (Å²) in [4.78, 5) is 0. The van der Waals surface area contributed by atoms with E-state index in [1.807, 2.05) is 0 Å². The van der Waals surface area contributed by atoms with Gasteiger partial charge in [0.05, 0.1) is 0 Å². The lowest BCUT2D eigenvalue weighted by Gasteiger charge is -2.35. The number of hydrogen-bond donors (Lipinski definition) is 1. The average Bonchev–Trinajstić information content (AvgIpc) is 2.52. The molecule has 66 valence electrons. The van der Waals surface area contributed by atoms with Crippen molar-refractivity contribution in [1.82, 2.24) is 0 Å². The van der Waals surface area contributed by atoms with Crippen LogP contribution in [0.2, 0.25) is 0 Å². The maximum Gasteiger partial charge on any atom is 0.00445 e. The molecule has 0 aromatic rings. The fourth-order valence-electron chi connectivity index (χ4n) is 4.21. The molecule has 1 heteroatoms. The predicted octanol–water partition coefficient (Wildman–Crippen LogP) is 1.94. The Balaban J connectivity index is 1.79. The van der Waals surface area contributed by atoms with Gasteiger partial charge in [0.2, 0.25) is 0 Å². The SMILES string of the molecule is C=CC[C@]12CC3C[C@@H](N)CC1C32. The van der Waals surface area contributed by atoms with E-state index in [1.54, 1.807) is 0 Å². The van der Waals surface area contributed by atoms with Gasteiger partial charge in [-0.1, -0.05) is 6.08 Å². The minimum Gasteiger partial charge on any atom is -0.328 e. The van der Waals surface area contributed by atoms with Crippen LogP contribution in [0.3, 0.4) is 0 Å². The van der Waals surface area contributed by atoms with Crippen LogP contribution in [0, 0.1) is 23.2 Å². The lowest BCUT2D eigenvalue weighted by atomic mass is 9.71. The van der Waals surface area contributed by atoms with E-state index >= 15 is 0 Å². The first kappa shape index (κ1) is 7.14. The Morgan fingerprint density at radius 1 is 1.50 bits per heavy atom. The predicted molar refractivity (Wildman–Crippen MR) is 49.5 cm³/mol. The molecule has 3 fully saturated rings. The van der Waals surface area contributed by atoms with E-state index in [-0.39, 0.29) is 0 Å². The molecule has 1 nitrogen and oxygen atoms in total. The monoisotopic (exact) mass is 163 g/mol. The zero-order valence-electron chi connectivity index (χ0n) is 7.50. The molecular formula is C11H17N. The first-order valence-corrected chi connectivity index (χ1v) is 5.14. The van der Waals surface area contributed by atoms with Crippen LogP contribution < -0.4 is 5.73 Å². The van der Waals surface area contributed by atoms with E-state index in [2.05, 4.69) is 12.7 Å². The van der Waals surface area contributed by atoms with Gasteiger partial charge in [0.1, 0.15) is 0 Å². The summed E-state index contributed by atoms with van der Waals surface area (Å²) in [6.07, 6.45) is 7.43. The van der Waals surface area contributed by atoms with Crippen molar-refractivity contribution in [2.24, 2.45) is 28.9 Å². The molecule has 0 saturated heterocycles. The molecule has 3 aliphatic carbocycles.